The molecule has 0 aromatic rings. The van der Waals surface area contributed by atoms with E-state index in [9.17, 15) is 0 Å². The lowest BCUT2D eigenvalue weighted by Gasteiger charge is -2.33. The topological polar surface area (TPSA) is 18.5 Å². The number of hydrogen-bond donors (Lipinski definition) is 1. The lowest BCUT2D eigenvalue weighted by Crippen LogP contribution is -2.46. The Morgan fingerprint density at radius 2 is 2.07 bits per heavy atom. The van der Waals surface area contributed by atoms with Crippen molar-refractivity contribution in [2.45, 2.75) is 12.5 Å². The molecule has 2 fully saturated rings. The van der Waals surface area contributed by atoms with Gasteiger partial charge < -0.3 is 15.1 Å². The van der Waals surface area contributed by atoms with Crippen LogP contribution in [0.15, 0.2) is 0 Å². The Morgan fingerprint density at radius 3 is 2.73 bits per heavy atom. The van der Waals surface area contributed by atoms with Gasteiger partial charge in [-0.3, -0.25) is 0 Å². The van der Waals surface area contributed by atoms with Crippen LogP contribution in [0.3, 0.4) is 0 Å². The van der Waals surface area contributed by atoms with Crippen LogP contribution in [0.1, 0.15) is 6.42 Å². The SMILES string of the molecule is CN1CCN(CCC2CSCCN2)CC1. The van der Waals surface area contributed by atoms with Crippen molar-refractivity contribution >= 4 is 11.8 Å². The van der Waals surface area contributed by atoms with Gasteiger partial charge in [-0.05, 0) is 20.0 Å². The fourth-order valence-corrected chi connectivity index (χ4v) is 3.21. The molecule has 1 unspecified atom stereocenters. The van der Waals surface area contributed by atoms with Crippen molar-refractivity contribution < 1.29 is 0 Å². The molecular weight excluding hydrogens is 206 g/mol. The molecule has 4 heteroatoms. The zero-order valence-electron chi connectivity index (χ0n) is 9.74. The van der Waals surface area contributed by atoms with Gasteiger partial charge in [0, 0.05) is 50.3 Å². The van der Waals surface area contributed by atoms with Crippen molar-refractivity contribution in [1.82, 2.24) is 15.1 Å². The van der Waals surface area contributed by atoms with Crippen LogP contribution in [0.5, 0.6) is 0 Å². The fraction of sp³-hybridized carbons (Fsp3) is 1.00. The summed E-state index contributed by atoms with van der Waals surface area (Å²) in [5.74, 6) is 2.61. The first kappa shape index (κ1) is 11.7. The van der Waals surface area contributed by atoms with Crippen LogP contribution < -0.4 is 5.32 Å². The molecule has 3 nitrogen and oxygen atoms in total. The molecule has 0 aliphatic carbocycles. The summed E-state index contributed by atoms with van der Waals surface area (Å²) in [6.45, 7) is 7.50. The van der Waals surface area contributed by atoms with Crippen molar-refractivity contribution in [3.63, 3.8) is 0 Å². The molecule has 2 rings (SSSR count). The van der Waals surface area contributed by atoms with Crippen LogP contribution in [0.4, 0.5) is 0 Å². The molecule has 15 heavy (non-hydrogen) atoms. The molecule has 88 valence electrons. The van der Waals surface area contributed by atoms with E-state index < -0.39 is 0 Å². The van der Waals surface area contributed by atoms with Gasteiger partial charge in [0.2, 0.25) is 0 Å². The largest absolute Gasteiger partial charge is 0.312 e. The highest BCUT2D eigenvalue weighted by Crippen LogP contribution is 2.11. The van der Waals surface area contributed by atoms with Gasteiger partial charge in [-0.15, -0.1) is 0 Å². The van der Waals surface area contributed by atoms with E-state index in [1.807, 2.05) is 0 Å². The van der Waals surface area contributed by atoms with Crippen molar-refractivity contribution in [2.24, 2.45) is 0 Å². The molecule has 0 saturated carbocycles. The first-order chi connectivity index (χ1) is 7.34. The highest BCUT2D eigenvalue weighted by atomic mass is 32.2. The van der Waals surface area contributed by atoms with Gasteiger partial charge >= 0.3 is 0 Å². The molecule has 0 spiro atoms. The molecule has 0 bridgehead atoms. The first-order valence-electron chi connectivity index (χ1n) is 6.06. The van der Waals surface area contributed by atoms with Gasteiger partial charge in [0.1, 0.15) is 0 Å². The summed E-state index contributed by atoms with van der Waals surface area (Å²) in [5.41, 5.74) is 0. The Bertz CT molecular complexity index is 175. The van der Waals surface area contributed by atoms with Crippen LogP contribution in [0, 0.1) is 0 Å². The summed E-state index contributed by atoms with van der Waals surface area (Å²) in [4.78, 5) is 5.03. The fourth-order valence-electron chi connectivity index (χ4n) is 2.22. The number of likely N-dealkylation sites (N-methyl/N-ethyl adjacent to an activating group) is 1. The van der Waals surface area contributed by atoms with Gasteiger partial charge in [0.15, 0.2) is 0 Å². The second-order valence-corrected chi connectivity index (χ2v) is 5.81. The van der Waals surface area contributed by atoms with Crippen LogP contribution in [0.25, 0.3) is 0 Å². The quantitative estimate of drug-likeness (QED) is 0.751. The molecule has 0 radical (unpaired) electrons. The Morgan fingerprint density at radius 1 is 1.27 bits per heavy atom. The number of thioether (sulfide) groups is 1. The highest BCUT2D eigenvalue weighted by molar-refractivity contribution is 7.99. The summed E-state index contributed by atoms with van der Waals surface area (Å²) >= 11 is 2.10. The second-order valence-electron chi connectivity index (χ2n) is 4.66. The maximum Gasteiger partial charge on any atom is 0.0170 e. The summed E-state index contributed by atoms with van der Waals surface area (Å²) in [6, 6.07) is 0.767. The van der Waals surface area contributed by atoms with E-state index in [2.05, 4.69) is 33.9 Å². The summed E-state index contributed by atoms with van der Waals surface area (Å²) in [6.07, 6.45) is 1.33. The summed E-state index contributed by atoms with van der Waals surface area (Å²) in [5, 5.41) is 3.61. The van der Waals surface area contributed by atoms with Gasteiger partial charge in [-0.1, -0.05) is 0 Å². The van der Waals surface area contributed by atoms with E-state index >= 15 is 0 Å². The van der Waals surface area contributed by atoms with E-state index in [-0.39, 0.29) is 0 Å². The molecule has 2 aliphatic rings. The number of nitrogens with zero attached hydrogens (tertiary/aromatic N) is 2. The van der Waals surface area contributed by atoms with E-state index in [4.69, 9.17) is 0 Å². The maximum absolute atomic E-state index is 3.61. The monoisotopic (exact) mass is 229 g/mol. The average Bonchev–Trinajstić information content (AvgIpc) is 2.30. The van der Waals surface area contributed by atoms with Gasteiger partial charge in [-0.2, -0.15) is 11.8 Å². The molecule has 1 atom stereocenters. The Hall–Kier alpha value is 0.230. The number of nitrogens with one attached hydrogen (secondary N) is 1. The zero-order valence-corrected chi connectivity index (χ0v) is 10.6. The van der Waals surface area contributed by atoms with Gasteiger partial charge in [-0.25, -0.2) is 0 Å². The van der Waals surface area contributed by atoms with Crippen molar-refractivity contribution in [2.75, 3.05) is 57.8 Å². The van der Waals surface area contributed by atoms with Crippen LogP contribution in [-0.4, -0.2) is 73.7 Å². The minimum absolute atomic E-state index is 0.767. The smallest absolute Gasteiger partial charge is 0.0170 e. The Kier molecular flexibility index (Phi) is 4.75. The molecule has 0 amide bonds. The van der Waals surface area contributed by atoms with E-state index in [1.165, 1.54) is 57.2 Å². The van der Waals surface area contributed by atoms with Crippen LogP contribution in [-0.2, 0) is 0 Å². The average molecular weight is 229 g/mol. The van der Waals surface area contributed by atoms with Crippen LogP contribution >= 0.6 is 11.8 Å². The summed E-state index contributed by atoms with van der Waals surface area (Å²) < 4.78 is 0. The van der Waals surface area contributed by atoms with Crippen LogP contribution in [0.2, 0.25) is 0 Å². The molecular formula is C11H23N3S. The highest BCUT2D eigenvalue weighted by Gasteiger charge is 2.17. The second kappa shape index (κ2) is 6.09. The first-order valence-corrected chi connectivity index (χ1v) is 7.22. The lowest BCUT2D eigenvalue weighted by atomic mass is 10.2. The van der Waals surface area contributed by atoms with Gasteiger partial charge in [0.25, 0.3) is 0 Å². The van der Waals surface area contributed by atoms with Crippen molar-refractivity contribution in [3.05, 3.63) is 0 Å². The van der Waals surface area contributed by atoms with Crippen molar-refractivity contribution in [1.29, 1.82) is 0 Å². The number of piperazine rings is 1. The molecule has 0 aromatic heterocycles. The third-order valence-electron chi connectivity index (χ3n) is 3.39. The van der Waals surface area contributed by atoms with E-state index in [1.54, 1.807) is 0 Å². The number of hydrogen-bond acceptors (Lipinski definition) is 4. The standard InChI is InChI=1S/C11H23N3S/c1-13-5-7-14(8-6-13)4-2-11-10-15-9-3-12-11/h11-12H,2-10H2,1H3. The van der Waals surface area contributed by atoms with E-state index in [0.29, 0.717) is 0 Å². The molecule has 2 saturated heterocycles. The molecule has 1 N–H and O–H groups in total. The van der Waals surface area contributed by atoms with Crippen molar-refractivity contribution in [3.8, 4) is 0 Å². The summed E-state index contributed by atoms with van der Waals surface area (Å²) in [7, 11) is 2.22. The van der Waals surface area contributed by atoms with Gasteiger partial charge in [0.05, 0.1) is 0 Å². The Labute approximate surface area is 97.6 Å². The Balaban J connectivity index is 1.60. The normalized spacial score (nSPS) is 30.6. The maximum atomic E-state index is 3.61. The number of rotatable bonds is 3. The zero-order chi connectivity index (χ0) is 10.5. The minimum atomic E-state index is 0.767. The third-order valence-corrected chi connectivity index (χ3v) is 4.52. The third kappa shape index (κ3) is 3.94. The molecule has 2 aliphatic heterocycles. The minimum Gasteiger partial charge on any atom is -0.312 e. The molecule has 0 aromatic carbocycles. The lowest BCUT2D eigenvalue weighted by molar-refractivity contribution is 0.149. The predicted octanol–water partition coefficient (Wildman–Crippen LogP) is 0.329. The predicted molar refractivity (Wildman–Crippen MR) is 67.7 cm³/mol. The molecule has 2 heterocycles. The van der Waals surface area contributed by atoms with E-state index in [0.717, 1.165) is 6.04 Å².